The lowest BCUT2D eigenvalue weighted by atomic mass is 10.1. The standard InChI is InChI=1S/C22H29N3O3S/c1-18-7-9-21(10-8-18)29(27,28)25(16-20-6-4-5-19(2)15-20)17-22(26)24-13-11-23(3)12-14-24/h4-10,15H,11-14,16-17H2,1-3H3. The zero-order valence-electron chi connectivity index (χ0n) is 17.3. The van der Waals surface area contributed by atoms with Crippen molar-refractivity contribution in [2.24, 2.45) is 0 Å². The Morgan fingerprint density at radius 3 is 2.24 bits per heavy atom. The van der Waals surface area contributed by atoms with E-state index in [-0.39, 0.29) is 23.9 Å². The van der Waals surface area contributed by atoms with Crippen LogP contribution in [0.4, 0.5) is 0 Å². The molecule has 1 aliphatic rings. The van der Waals surface area contributed by atoms with Crippen LogP contribution in [0.3, 0.4) is 0 Å². The Kier molecular flexibility index (Phi) is 6.72. The minimum atomic E-state index is -3.80. The fourth-order valence-electron chi connectivity index (χ4n) is 3.41. The number of rotatable bonds is 6. The maximum Gasteiger partial charge on any atom is 0.243 e. The third-order valence-electron chi connectivity index (χ3n) is 5.27. The number of hydrogen-bond donors (Lipinski definition) is 0. The van der Waals surface area contributed by atoms with Crippen LogP contribution < -0.4 is 0 Å². The topological polar surface area (TPSA) is 60.9 Å². The third-order valence-corrected chi connectivity index (χ3v) is 7.07. The van der Waals surface area contributed by atoms with Gasteiger partial charge in [0.2, 0.25) is 15.9 Å². The van der Waals surface area contributed by atoms with Crippen molar-refractivity contribution in [1.29, 1.82) is 0 Å². The molecule has 0 saturated carbocycles. The number of carbonyl (C=O) groups excluding carboxylic acids is 1. The SMILES string of the molecule is Cc1ccc(S(=O)(=O)N(CC(=O)N2CCN(C)CC2)Cc2cccc(C)c2)cc1. The summed E-state index contributed by atoms with van der Waals surface area (Å²) in [5, 5.41) is 0. The first-order valence-corrected chi connectivity index (χ1v) is 11.3. The highest BCUT2D eigenvalue weighted by Gasteiger charge is 2.29. The quantitative estimate of drug-likeness (QED) is 0.726. The van der Waals surface area contributed by atoms with E-state index in [0.29, 0.717) is 13.1 Å². The molecule has 1 heterocycles. The van der Waals surface area contributed by atoms with Gasteiger partial charge in [0.25, 0.3) is 0 Å². The molecular weight excluding hydrogens is 386 g/mol. The minimum Gasteiger partial charge on any atom is -0.339 e. The summed E-state index contributed by atoms with van der Waals surface area (Å²) < 4.78 is 28.0. The van der Waals surface area contributed by atoms with Crippen molar-refractivity contribution in [2.75, 3.05) is 39.8 Å². The molecule has 7 heteroatoms. The van der Waals surface area contributed by atoms with Gasteiger partial charge in [0, 0.05) is 32.7 Å². The van der Waals surface area contributed by atoms with E-state index >= 15 is 0 Å². The fourth-order valence-corrected chi connectivity index (χ4v) is 4.78. The van der Waals surface area contributed by atoms with E-state index in [4.69, 9.17) is 0 Å². The Morgan fingerprint density at radius 2 is 1.62 bits per heavy atom. The Labute approximate surface area is 173 Å². The molecule has 1 aliphatic heterocycles. The van der Waals surface area contributed by atoms with E-state index in [2.05, 4.69) is 4.90 Å². The lowest BCUT2D eigenvalue weighted by molar-refractivity contribution is -0.133. The summed E-state index contributed by atoms with van der Waals surface area (Å²) in [4.78, 5) is 17.0. The highest BCUT2D eigenvalue weighted by atomic mass is 32.2. The van der Waals surface area contributed by atoms with Crippen LogP contribution in [0.5, 0.6) is 0 Å². The number of amides is 1. The van der Waals surface area contributed by atoms with Crippen molar-refractivity contribution in [1.82, 2.24) is 14.1 Å². The van der Waals surface area contributed by atoms with Crippen LogP contribution in [0.25, 0.3) is 0 Å². The number of nitrogens with zero attached hydrogens (tertiary/aromatic N) is 3. The number of hydrogen-bond acceptors (Lipinski definition) is 4. The summed E-state index contributed by atoms with van der Waals surface area (Å²) in [7, 11) is -1.78. The van der Waals surface area contributed by atoms with Crippen molar-refractivity contribution < 1.29 is 13.2 Å². The van der Waals surface area contributed by atoms with E-state index in [0.717, 1.165) is 29.8 Å². The number of sulfonamides is 1. The fraction of sp³-hybridized carbons (Fsp3) is 0.409. The van der Waals surface area contributed by atoms with Crippen molar-refractivity contribution >= 4 is 15.9 Å². The van der Waals surface area contributed by atoms with Crippen LogP contribution in [0.1, 0.15) is 16.7 Å². The molecule has 0 bridgehead atoms. The lowest BCUT2D eigenvalue weighted by Crippen LogP contribution is -2.50. The predicted molar refractivity (Wildman–Crippen MR) is 114 cm³/mol. The largest absolute Gasteiger partial charge is 0.339 e. The van der Waals surface area contributed by atoms with Crippen LogP contribution in [-0.4, -0.2) is 68.2 Å². The van der Waals surface area contributed by atoms with Crippen LogP contribution in [0.15, 0.2) is 53.4 Å². The molecule has 3 rings (SSSR count). The number of benzene rings is 2. The van der Waals surface area contributed by atoms with E-state index < -0.39 is 10.0 Å². The summed E-state index contributed by atoms with van der Waals surface area (Å²) in [6.07, 6.45) is 0. The molecular formula is C22H29N3O3S. The van der Waals surface area contributed by atoms with Crippen LogP contribution in [-0.2, 0) is 21.4 Å². The minimum absolute atomic E-state index is 0.151. The van der Waals surface area contributed by atoms with Gasteiger partial charge in [-0.25, -0.2) is 8.42 Å². The average molecular weight is 416 g/mol. The monoisotopic (exact) mass is 415 g/mol. The summed E-state index contributed by atoms with van der Waals surface area (Å²) in [6, 6.07) is 14.5. The zero-order valence-corrected chi connectivity index (χ0v) is 18.2. The number of carbonyl (C=O) groups is 1. The van der Waals surface area contributed by atoms with Gasteiger partial charge in [-0.05, 0) is 38.6 Å². The summed E-state index contributed by atoms with van der Waals surface area (Å²) in [5.41, 5.74) is 2.91. The maximum atomic E-state index is 13.4. The molecule has 0 atom stereocenters. The molecule has 1 fully saturated rings. The second-order valence-corrected chi connectivity index (χ2v) is 9.70. The molecule has 2 aromatic rings. The lowest BCUT2D eigenvalue weighted by Gasteiger charge is -2.33. The number of piperazine rings is 1. The van der Waals surface area contributed by atoms with Gasteiger partial charge in [-0.15, -0.1) is 0 Å². The summed E-state index contributed by atoms with van der Waals surface area (Å²) >= 11 is 0. The molecule has 6 nitrogen and oxygen atoms in total. The van der Waals surface area contributed by atoms with Gasteiger partial charge in [0.1, 0.15) is 0 Å². The van der Waals surface area contributed by atoms with Gasteiger partial charge >= 0.3 is 0 Å². The smallest absolute Gasteiger partial charge is 0.243 e. The Hall–Kier alpha value is -2.22. The first-order valence-electron chi connectivity index (χ1n) is 9.84. The van der Waals surface area contributed by atoms with Gasteiger partial charge in [0.15, 0.2) is 0 Å². The van der Waals surface area contributed by atoms with Crippen molar-refractivity contribution in [3.8, 4) is 0 Å². The average Bonchev–Trinajstić information content (AvgIpc) is 2.68. The maximum absolute atomic E-state index is 13.4. The van der Waals surface area contributed by atoms with E-state index in [1.807, 2.05) is 45.2 Å². The second kappa shape index (κ2) is 9.07. The zero-order chi connectivity index (χ0) is 21.0. The molecule has 0 aromatic heterocycles. The van der Waals surface area contributed by atoms with Crippen LogP contribution >= 0.6 is 0 Å². The van der Waals surface area contributed by atoms with Gasteiger partial charge < -0.3 is 9.80 Å². The Balaban J connectivity index is 1.86. The van der Waals surface area contributed by atoms with Gasteiger partial charge in [-0.2, -0.15) is 4.31 Å². The summed E-state index contributed by atoms with van der Waals surface area (Å²) in [6.45, 7) is 6.74. The molecule has 0 aliphatic carbocycles. The van der Waals surface area contributed by atoms with Crippen LogP contribution in [0, 0.1) is 13.8 Å². The van der Waals surface area contributed by atoms with E-state index in [1.54, 1.807) is 29.2 Å². The van der Waals surface area contributed by atoms with Gasteiger partial charge in [-0.1, -0.05) is 47.5 Å². The van der Waals surface area contributed by atoms with Gasteiger partial charge in [0.05, 0.1) is 11.4 Å². The first kappa shape index (κ1) is 21.5. The molecule has 0 N–H and O–H groups in total. The summed E-state index contributed by atoms with van der Waals surface area (Å²) in [5.74, 6) is -0.151. The molecule has 0 radical (unpaired) electrons. The molecule has 29 heavy (non-hydrogen) atoms. The molecule has 1 amide bonds. The second-order valence-electron chi connectivity index (χ2n) is 7.76. The highest BCUT2D eigenvalue weighted by molar-refractivity contribution is 7.89. The van der Waals surface area contributed by atoms with Crippen molar-refractivity contribution in [3.63, 3.8) is 0 Å². The predicted octanol–water partition coefficient (Wildman–Crippen LogP) is 2.27. The molecule has 156 valence electrons. The normalized spacial score (nSPS) is 15.7. The van der Waals surface area contributed by atoms with Crippen LogP contribution in [0.2, 0.25) is 0 Å². The Morgan fingerprint density at radius 1 is 0.966 bits per heavy atom. The highest BCUT2D eigenvalue weighted by Crippen LogP contribution is 2.20. The van der Waals surface area contributed by atoms with E-state index in [9.17, 15) is 13.2 Å². The molecule has 0 spiro atoms. The molecule has 2 aromatic carbocycles. The first-order chi connectivity index (χ1) is 13.8. The van der Waals surface area contributed by atoms with E-state index in [1.165, 1.54) is 4.31 Å². The van der Waals surface area contributed by atoms with Crippen molar-refractivity contribution in [3.05, 3.63) is 65.2 Å². The van der Waals surface area contributed by atoms with Crippen molar-refractivity contribution in [2.45, 2.75) is 25.3 Å². The number of likely N-dealkylation sites (N-methyl/N-ethyl adjacent to an activating group) is 1. The Bertz CT molecular complexity index is 950. The molecule has 0 unspecified atom stereocenters. The molecule has 1 saturated heterocycles. The van der Waals surface area contributed by atoms with Gasteiger partial charge in [-0.3, -0.25) is 4.79 Å². The number of aryl methyl sites for hydroxylation is 2. The third kappa shape index (κ3) is 5.44.